The molecule has 0 radical (unpaired) electrons. The molecular weight excluding hydrogens is 178 g/mol. The van der Waals surface area contributed by atoms with Crippen LogP contribution in [-0.4, -0.2) is 30.5 Å². The summed E-state index contributed by atoms with van der Waals surface area (Å²) in [5, 5.41) is 4.33. The molecule has 1 aromatic heterocycles. The zero-order chi connectivity index (χ0) is 10.1. The molecule has 0 saturated heterocycles. The van der Waals surface area contributed by atoms with Crippen LogP contribution in [0.3, 0.4) is 0 Å². The number of ether oxygens (including phenoxy) is 1. The van der Waals surface area contributed by atoms with Crippen LogP contribution < -0.4 is 9.64 Å². The van der Waals surface area contributed by atoms with Gasteiger partial charge in [-0.15, -0.1) is 0 Å². The lowest BCUT2D eigenvalue weighted by molar-refractivity contribution is 0.162. The molecule has 14 heavy (non-hydrogen) atoms. The highest BCUT2D eigenvalue weighted by Crippen LogP contribution is 2.31. The Labute approximate surface area is 84.5 Å². The van der Waals surface area contributed by atoms with Gasteiger partial charge in [0, 0.05) is 20.0 Å². The highest BCUT2D eigenvalue weighted by atomic mass is 16.5. The Morgan fingerprint density at radius 1 is 1.64 bits per heavy atom. The van der Waals surface area contributed by atoms with Gasteiger partial charge in [0.05, 0.1) is 19.3 Å². The fourth-order valence-corrected chi connectivity index (χ4v) is 1.69. The summed E-state index contributed by atoms with van der Waals surface area (Å²) in [6, 6.07) is 0. The fraction of sp³-hybridized carbons (Fsp3) is 0.700. The molecular formula is C10H17N3O. The maximum absolute atomic E-state index is 5.72. The van der Waals surface area contributed by atoms with Crippen LogP contribution in [0.5, 0.6) is 5.88 Å². The first-order valence-electron chi connectivity index (χ1n) is 5.08. The summed E-state index contributed by atoms with van der Waals surface area (Å²) < 4.78 is 7.68. The van der Waals surface area contributed by atoms with Crippen LogP contribution in [0, 0.1) is 5.92 Å². The molecule has 0 aliphatic carbocycles. The minimum Gasteiger partial charge on any atom is -0.476 e. The maximum atomic E-state index is 5.72. The molecule has 0 amide bonds. The van der Waals surface area contributed by atoms with Crippen LogP contribution in [-0.2, 0) is 6.54 Å². The highest BCUT2D eigenvalue weighted by molar-refractivity contribution is 5.53. The zero-order valence-electron chi connectivity index (χ0n) is 9.03. The number of rotatable bonds is 2. The summed E-state index contributed by atoms with van der Waals surface area (Å²) in [7, 11) is 4.01. The van der Waals surface area contributed by atoms with E-state index in [0.29, 0.717) is 5.92 Å². The number of fused-ring (bicyclic) bond motifs is 1. The van der Waals surface area contributed by atoms with Crippen molar-refractivity contribution in [3.63, 3.8) is 0 Å². The Balaban J connectivity index is 2.25. The summed E-state index contributed by atoms with van der Waals surface area (Å²) in [4.78, 5) is 2.03. The van der Waals surface area contributed by atoms with E-state index in [9.17, 15) is 0 Å². The number of hydrogen-bond acceptors (Lipinski definition) is 3. The Hall–Kier alpha value is -1.19. The molecule has 4 nitrogen and oxygen atoms in total. The lowest BCUT2D eigenvalue weighted by Crippen LogP contribution is -2.26. The van der Waals surface area contributed by atoms with Gasteiger partial charge in [-0.3, -0.25) is 0 Å². The van der Waals surface area contributed by atoms with E-state index >= 15 is 0 Å². The average Bonchev–Trinajstić information content (AvgIpc) is 2.59. The third-order valence-corrected chi connectivity index (χ3v) is 2.72. The zero-order valence-corrected chi connectivity index (χ0v) is 9.03. The third-order valence-electron chi connectivity index (χ3n) is 2.72. The van der Waals surface area contributed by atoms with Gasteiger partial charge < -0.3 is 9.64 Å². The van der Waals surface area contributed by atoms with E-state index in [4.69, 9.17) is 4.74 Å². The van der Waals surface area contributed by atoms with Gasteiger partial charge >= 0.3 is 0 Å². The van der Waals surface area contributed by atoms with Crippen molar-refractivity contribution in [1.82, 2.24) is 9.78 Å². The van der Waals surface area contributed by atoms with Crippen molar-refractivity contribution in [2.45, 2.75) is 19.9 Å². The molecule has 2 heterocycles. The number of hydrogen-bond donors (Lipinski definition) is 0. The van der Waals surface area contributed by atoms with Crippen molar-refractivity contribution in [1.29, 1.82) is 0 Å². The predicted octanol–water partition coefficient (Wildman–Crippen LogP) is 1.37. The van der Waals surface area contributed by atoms with Gasteiger partial charge in [0.25, 0.3) is 0 Å². The number of nitrogens with zero attached hydrogens (tertiary/aromatic N) is 3. The van der Waals surface area contributed by atoms with Gasteiger partial charge in [0.15, 0.2) is 0 Å². The lowest BCUT2D eigenvalue weighted by atomic mass is 10.1. The molecule has 78 valence electrons. The average molecular weight is 195 g/mol. The lowest BCUT2D eigenvalue weighted by Gasteiger charge is -2.24. The van der Waals surface area contributed by atoms with Crippen LogP contribution in [0.25, 0.3) is 0 Å². The van der Waals surface area contributed by atoms with Crippen molar-refractivity contribution in [2.75, 3.05) is 25.6 Å². The van der Waals surface area contributed by atoms with E-state index in [1.807, 2.05) is 29.9 Å². The van der Waals surface area contributed by atoms with Crippen molar-refractivity contribution in [3.05, 3.63) is 6.20 Å². The van der Waals surface area contributed by atoms with Crippen molar-refractivity contribution < 1.29 is 4.74 Å². The monoisotopic (exact) mass is 195 g/mol. The molecule has 1 aliphatic heterocycles. The third kappa shape index (κ3) is 1.45. The minimum absolute atomic E-state index is 0.609. The SMILES string of the molecule is CCC1COc2c(N(C)C)cnn2C1. The summed E-state index contributed by atoms with van der Waals surface area (Å²) >= 11 is 0. The molecule has 4 heteroatoms. The topological polar surface area (TPSA) is 30.3 Å². The van der Waals surface area contributed by atoms with Crippen LogP contribution in [0.2, 0.25) is 0 Å². The molecule has 1 atom stereocenters. The van der Waals surface area contributed by atoms with Gasteiger partial charge in [-0.05, 0) is 6.42 Å². The Morgan fingerprint density at radius 3 is 3.07 bits per heavy atom. The summed E-state index contributed by atoms with van der Waals surface area (Å²) in [5.41, 5.74) is 1.07. The second-order valence-corrected chi connectivity index (χ2v) is 4.00. The van der Waals surface area contributed by atoms with E-state index in [2.05, 4.69) is 12.0 Å². The van der Waals surface area contributed by atoms with E-state index in [-0.39, 0.29) is 0 Å². The first-order chi connectivity index (χ1) is 6.72. The van der Waals surface area contributed by atoms with Gasteiger partial charge in [-0.25, -0.2) is 4.68 Å². The van der Waals surface area contributed by atoms with Crippen molar-refractivity contribution in [2.24, 2.45) is 5.92 Å². The van der Waals surface area contributed by atoms with Gasteiger partial charge in [0.2, 0.25) is 5.88 Å². The first kappa shape index (κ1) is 9.37. The fourth-order valence-electron chi connectivity index (χ4n) is 1.69. The van der Waals surface area contributed by atoms with Crippen molar-refractivity contribution in [3.8, 4) is 5.88 Å². The predicted molar refractivity (Wildman–Crippen MR) is 55.8 cm³/mol. The molecule has 0 saturated carbocycles. The number of anilines is 1. The Kier molecular flexibility index (Phi) is 2.35. The van der Waals surface area contributed by atoms with Crippen molar-refractivity contribution >= 4 is 5.69 Å². The van der Waals surface area contributed by atoms with E-state index < -0.39 is 0 Å². The summed E-state index contributed by atoms with van der Waals surface area (Å²) in [5.74, 6) is 1.53. The van der Waals surface area contributed by atoms with E-state index in [1.165, 1.54) is 0 Å². The quantitative estimate of drug-likeness (QED) is 0.714. The highest BCUT2D eigenvalue weighted by Gasteiger charge is 2.22. The summed E-state index contributed by atoms with van der Waals surface area (Å²) in [6.45, 7) is 4.00. The molecule has 1 unspecified atom stereocenters. The smallest absolute Gasteiger partial charge is 0.236 e. The Morgan fingerprint density at radius 2 is 2.43 bits per heavy atom. The summed E-state index contributed by atoms with van der Waals surface area (Å²) in [6.07, 6.45) is 3.02. The second kappa shape index (κ2) is 3.52. The van der Waals surface area contributed by atoms with Gasteiger partial charge in [0.1, 0.15) is 5.69 Å². The Bertz CT molecular complexity index is 319. The van der Waals surface area contributed by atoms with Crippen LogP contribution in [0.1, 0.15) is 13.3 Å². The van der Waals surface area contributed by atoms with E-state index in [0.717, 1.165) is 31.1 Å². The normalized spacial score (nSPS) is 20.1. The molecule has 2 rings (SSSR count). The second-order valence-electron chi connectivity index (χ2n) is 4.00. The standard InChI is InChI=1S/C10H17N3O/c1-4-8-6-13-10(14-7-8)9(5-11-13)12(2)3/h5,8H,4,6-7H2,1-3H3. The van der Waals surface area contributed by atoms with E-state index in [1.54, 1.807) is 0 Å². The molecule has 1 aliphatic rings. The molecule has 0 aromatic carbocycles. The minimum atomic E-state index is 0.609. The maximum Gasteiger partial charge on any atom is 0.236 e. The van der Waals surface area contributed by atoms with Gasteiger partial charge in [-0.2, -0.15) is 5.10 Å². The number of aromatic nitrogens is 2. The molecule has 0 bridgehead atoms. The molecule has 0 N–H and O–H groups in total. The molecule has 0 fully saturated rings. The van der Waals surface area contributed by atoms with Crippen LogP contribution in [0.15, 0.2) is 6.20 Å². The van der Waals surface area contributed by atoms with Gasteiger partial charge in [-0.1, -0.05) is 6.92 Å². The molecule has 1 aromatic rings. The van der Waals surface area contributed by atoms with Crippen LogP contribution >= 0.6 is 0 Å². The first-order valence-corrected chi connectivity index (χ1v) is 5.08. The largest absolute Gasteiger partial charge is 0.476 e. The van der Waals surface area contributed by atoms with Crippen LogP contribution in [0.4, 0.5) is 5.69 Å². The molecule has 0 spiro atoms.